The highest BCUT2D eigenvalue weighted by atomic mass is 16.6. The third-order valence-electron chi connectivity index (χ3n) is 14.4. The molecule has 434 valence electrons. The molecule has 0 radical (unpaired) electrons. The Bertz CT molecular complexity index is 1400. The Hall–Kier alpha value is -3.95. The minimum Gasteiger partial charge on any atom is -0.465 e. The summed E-state index contributed by atoms with van der Waals surface area (Å²) in [5, 5.41) is 0. The van der Waals surface area contributed by atoms with Crippen molar-refractivity contribution in [3.63, 3.8) is 0 Å². The van der Waals surface area contributed by atoms with Crippen LogP contribution in [0.4, 0.5) is 4.79 Å². The summed E-state index contributed by atoms with van der Waals surface area (Å²) in [6, 6.07) is -1.16. The fraction of sp³-hybridized carbons (Fsp3) is 0.881. The lowest BCUT2D eigenvalue weighted by molar-refractivity contribution is -0.156. The number of hydrogen-bond acceptors (Lipinski definition) is 15. The Kier molecular flexibility index (Phi) is 39.5. The van der Waals surface area contributed by atoms with Gasteiger partial charge in [-0.3, -0.25) is 33.7 Å². The average molecular weight is 1070 g/mol. The normalized spacial score (nSPS) is 16.0. The molecule has 0 aromatic rings. The highest BCUT2D eigenvalue weighted by Crippen LogP contribution is 2.28. The Labute approximate surface area is 452 Å². The van der Waals surface area contributed by atoms with Crippen molar-refractivity contribution in [1.29, 1.82) is 0 Å². The Morgan fingerprint density at radius 3 is 0.987 bits per heavy atom. The second-order valence-corrected chi connectivity index (χ2v) is 21.5. The summed E-state index contributed by atoms with van der Waals surface area (Å²) in [4.78, 5) is 95.7. The fourth-order valence-corrected chi connectivity index (χ4v) is 9.52. The topological polar surface area (TPSA) is 191 Å². The van der Waals surface area contributed by atoms with E-state index in [1.54, 1.807) is 0 Å². The third-order valence-corrected chi connectivity index (χ3v) is 14.4. The van der Waals surface area contributed by atoms with Crippen LogP contribution in [0.25, 0.3) is 0 Å². The van der Waals surface area contributed by atoms with Crippen molar-refractivity contribution in [2.24, 2.45) is 11.8 Å². The van der Waals surface area contributed by atoms with Gasteiger partial charge in [0.15, 0.2) is 0 Å². The zero-order valence-electron chi connectivity index (χ0n) is 47.7. The number of likely N-dealkylation sites (tertiary alicyclic amines) is 2. The Balaban J connectivity index is 2.10. The number of carbonyl (C=O) groups excluding carboxylic acids is 7. The number of piperidine rings is 1. The molecule has 75 heavy (non-hydrogen) atoms. The SMILES string of the molecule is CCCCCCCCC(=O)OCC(COC(=O)CCCCCCCC)CC(=O)OC[C@@H]1CC[C@@H](COC(=O)CC(COC(=O)CCCCCCCC)COC(=O)CCCCCCCC)N1C(=O)OC1CCN(C)CC1. The number of carbonyl (C=O) groups is 7. The number of esters is 6. The van der Waals surface area contributed by atoms with Crippen LogP contribution in [0.3, 0.4) is 0 Å². The fourth-order valence-electron chi connectivity index (χ4n) is 9.52. The molecule has 2 fully saturated rings. The van der Waals surface area contributed by atoms with E-state index in [1.165, 1.54) is 30.6 Å². The molecule has 0 N–H and O–H groups in total. The lowest BCUT2D eigenvalue weighted by Crippen LogP contribution is -2.48. The van der Waals surface area contributed by atoms with Gasteiger partial charge in [0, 0.05) is 50.6 Å². The number of unbranched alkanes of at least 4 members (excludes halogenated alkanes) is 20. The van der Waals surface area contributed by atoms with E-state index in [0.717, 1.165) is 116 Å². The molecule has 2 saturated heterocycles. The van der Waals surface area contributed by atoms with E-state index in [1.807, 2.05) is 7.05 Å². The minimum atomic E-state index is -0.628. The van der Waals surface area contributed by atoms with Crippen molar-refractivity contribution >= 4 is 41.9 Å². The van der Waals surface area contributed by atoms with E-state index < -0.39 is 42.0 Å². The van der Waals surface area contributed by atoms with Crippen molar-refractivity contribution in [2.45, 2.75) is 264 Å². The molecule has 16 nitrogen and oxygen atoms in total. The molecular weight excluding hydrogens is 961 g/mol. The number of ether oxygens (including phenoxy) is 7. The standard InChI is InChI=1S/C59H104N2O14/c1-6-10-14-18-22-26-30-53(62)69-42-48(43-70-54(63)31-27-23-19-15-11-7-2)40-57(66)73-46-50-34-35-51(61(50)59(68)75-52-36-38-60(5)39-37-52)47-74-58(67)41-49(44-71-55(64)32-28-24-20-16-12-8-3)45-72-56(65)33-29-25-21-17-13-9-4/h48-52H,6-47H2,1-5H3/t50-,51-/m0/s1. The van der Waals surface area contributed by atoms with Crippen LogP contribution in [0, 0.1) is 11.8 Å². The van der Waals surface area contributed by atoms with Gasteiger partial charge in [0.05, 0.1) is 51.4 Å². The molecule has 1 amide bonds. The van der Waals surface area contributed by atoms with Gasteiger partial charge in [0.25, 0.3) is 0 Å². The Morgan fingerprint density at radius 2 is 0.680 bits per heavy atom. The molecule has 0 spiro atoms. The average Bonchev–Trinajstić information content (AvgIpc) is 3.81. The molecule has 0 bridgehead atoms. The van der Waals surface area contributed by atoms with E-state index in [4.69, 9.17) is 33.2 Å². The van der Waals surface area contributed by atoms with Gasteiger partial charge in [-0.2, -0.15) is 0 Å². The van der Waals surface area contributed by atoms with Crippen LogP contribution in [-0.2, 0) is 61.9 Å². The maximum absolute atomic E-state index is 14.0. The summed E-state index contributed by atoms with van der Waals surface area (Å²) in [6.07, 6.45) is 26.7. The van der Waals surface area contributed by atoms with E-state index in [0.29, 0.717) is 51.4 Å². The first-order valence-electron chi connectivity index (χ1n) is 30.0. The summed E-state index contributed by atoms with van der Waals surface area (Å²) >= 11 is 0. The molecule has 2 aliphatic rings. The second-order valence-electron chi connectivity index (χ2n) is 21.5. The maximum Gasteiger partial charge on any atom is 0.410 e. The molecule has 2 heterocycles. The summed E-state index contributed by atoms with van der Waals surface area (Å²) in [5.41, 5.74) is 0. The molecule has 0 saturated carbocycles. The second kappa shape index (κ2) is 44.1. The molecule has 2 rings (SSSR count). The predicted octanol–water partition coefficient (Wildman–Crippen LogP) is 12.3. The number of nitrogens with zero attached hydrogens (tertiary/aromatic N) is 2. The van der Waals surface area contributed by atoms with Crippen molar-refractivity contribution < 1.29 is 66.7 Å². The molecule has 2 atom stereocenters. The number of rotatable bonds is 45. The van der Waals surface area contributed by atoms with Crippen molar-refractivity contribution in [3.8, 4) is 0 Å². The smallest absolute Gasteiger partial charge is 0.410 e. The van der Waals surface area contributed by atoms with Crippen LogP contribution >= 0.6 is 0 Å². The molecule has 0 aliphatic carbocycles. The zero-order valence-corrected chi connectivity index (χ0v) is 47.7. The largest absolute Gasteiger partial charge is 0.465 e. The first kappa shape index (κ1) is 67.2. The lowest BCUT2D eigenvalue weighted by atomic mass is 10.1. The first-order valence-corrected chi connectivity index (χ1v) is 30.0. The van der Waals surface area contributed by atoms with Gasteiger partial charge in [-0.25, -0.2) is 4.79 Å². The van der Waals surface area contributed by atoms with E-state index in [9.17, 15) is 33.6 Å². The van der Waals surface area contributed by atoms with Crippen LogP contribution in [-0.4, -0.2) is 130 Å². The monoisotopic (exact) mass is 1060 g/mol. The molecule has 16 heteroatoms. The molecule has 0 aromatic carbocycles. The van der Waals surface area contributed by atoms with Crippen LogP contribution in [0.2, 0.25) is 0 Å². The van der Waals surface area contributed by atoms with Gasteiger partial charge >= 0.3 is 41.9 Å². The lowest BCUT2D eigenvalue weighted by Gasteiger charge is -2.33. The maximum atomic E-state index is 14.0. The van der Waals surface area contributed by atoms with E-state index >= 15 is 0 Å². The summed E-state index contributed by atoms with van der Waals surface area (Å²) in [7, 11) is 2.02. The van der Waals surface area contributed by atoms with E-state index in [2.05, 4.69) is 32.6 Å². The van der Waals surface area contributed by atoms with Gasteiger partial charge in [0.1, 0.15) is 19.3 Å². The number of amides is 1. The zero-order chi connectivity index (χ0) is 54.7. The van der Waals surface area contributed by atoms with E-state index in [-0.39, 0.29) is 108 Å². The van der Waals surface area contributed by atoms with Crippen LogP contribution in [0.5, 0.6) is 0 Å². The summed E-state index contributed by atoms with van der Waals surface area (Å²) in [5.74, 6) is -3.89. The highest BCUT2D eigenvalue weighted by Gasteiger charge is 2.41. The van der Waals surface area contributed by atoms with Crippen molar-refractivity contribution in [1.82, 2.24) is 9.80 Å². The van der Waals surface area contributed by atoms with Crippen LogP contribution in [0.15, 0.2) is 0 Å². The van der Waals surface area contributed by atoms with Gasteiger partial charge in [-0.1, -0.05) is 156 Å². The predicted molar refractivity (Wildman–Crippen MR) is 290 cm³/mol. The Morgan fingerprint density at radius 1 is 0.387 bits per heavy atom. The van der Waals surface area contributed by atoms with Crippen molar-refractivity contribution in [3.05, 3.63) is 0 Å². The molecule has 0 aromatic heterocycles. The highest BCUT2D eigenvalue weighted by molar-refractivity contribution is 5.73. The van der Waals surface area contributed by atoms with Gasteiger partial charge in [0.2, 0.25) is 0 Å². The van der Waals surface area contributed by atoms with Crippen LogP contribution < -0.4 is 0 Å². The summed E-state index contributed by atoms with van der Waals surface area (Å²) in [6.45, 7) is 9.45. The first-order chi connectivity index (χ1) is 36.4. The molecule has 0 unspecified atom stereocenters. The third kappa shape index (κ3) is 34.4. The van der Waals surface area contributed by atoms with Gasteiger partial charge < -0.3 is 38.1 Å². The molecular formula is C59H104N2O14. The molecule has 2 aliphatic heterocycles. The van der Waals surface area contributed by atoms with Crippen LogP contribution in [0.1, 0.15) is 246 Å². The van der Waals surface area contributed by atoms with Gasteiger partial charge in [-0.15, -0.1) is 0 Å². The van der Waals surface area contributed by atoms with Gasteiger partial charge in [-0.05, 0) is 58.4 Å². The quantitative estimate of drug-likeness (QED) is 0.0318. The summed E-state index contributed by atoms with van der Waals surface area (Å²) < 4.78 is 40.1. The minimum absolute atomic E-state index is 0.107. The van der Waals surface area contributed by atoms with Crippen molar-refractivity contribution in [2.75, 3.05) is 59.8 Å². The number of hydrogen-bond donors (Lipinski definition) is 0.